The number of hydrogen-bond donors (Lipinski definition) is 1. The number of fused-ring (bicyclic) bond motifs is 1. The molecule has 0 unspecified atom stereocenters. The summed E-state index contributed by atoms with van der Waals surface area (Å²) in [6.07, 6.45) is -2.92. The average molecular weight is 411 g/mol. The van der Waals surface area contributed by atoms with Crippen molar-refractivity contribution in [1.29, 1.82) is 0 Å². The first kappa shape index (κ1) is 20.7. The van der Waals surface area contributed by atoms with Crippen LogP contribution in [0.4, 0.5) is 13.2 Å². The third-order valence-corrected chi connectivity index (χ3v) is 4.36. The number of aryl methyl sites for hydroxylation is 4. The van der Waals surface area contributed by atoms with E-state index in [1.165, 1.54) is 0 Å². The van der Waals surface area contributed by atoms with E-state index in [0.717, 1.165) is 4.52 Å². The normalized spacial score (nSPS) is 11.9. The molecule has 0 aliphatic heterocycles. The molecule has 1 N–H and O–H groups in total. The molecule has 0 aliphatic rings. The van der Waals surface area contributed by atoms with Crippen LogP contribution in [0.2, 0.25) is 0 Å². The molecule has 0 radical (unpaired) electrons. The summed E-state index contributed by atoms with van der Waals surface area (Å²) in [6, 6.07) is 0. The van der Waals surface area contributed by atoms with Crippen molar-refractivity contribution >= 4 is 11.7 Å². The predicted molar refractivity (Wildman–Crippen MR) is 93.9 cm³/mol. The molecule has 3 aromatic heterocycles. The van der Waals surface area contributed by atoms with Crippen molar-refractivity contribution in [3.63, 3.8) is 0 Å². The number of amides is 1. The number of nitrogens with one attached hydrogen (secondary N) is 1. The van der Waals surface area contributed by atoms with Crippen molar-refractivity contribution in [1.82, 2.24) is 35.0 Å². The van der Waals surface area contributed by atoms with Gasteiger partial charge in [0.15, 0.2) is 5.82 Å². The standard InChI is InChI=1S/C17H20F3N7O2/c1-9-12(10(2)27-16(22-9)24-15(25-27)17(18,19)20)6-7-13(28)21-8-4-5-14-23-11(3)26-29-14/h4-8H2,1-3H3,(H,21,28). The fraction of sp³-hybridized carbons (Fsp3) is 0.529. The number of aromatic nitrogens is 6. The van der Waals surface area contributed by atoms with Crippen molar-refractivity contribution in [2.45, 2.75) is 52.6 Å². The van der Waals surface area contributed by atoms with Crippen molar-refractivity contribution in [3.05, 3.63) is 34.5 Å². The van der Waals surface area contributed by atoms with Crippen LogP contribution in [-0.2, 0) is 23.8 Å². The Morgan fingerprint density at radius 3 is 2.55 bits per heavy atom. The van der Waals surface area contributed by atoms with Crippen LogP contribution in [0.15, 0.2) is 4.52 Å². The molecule has 0 aromatic carbocycles. The molecule has 12 heteroatoms. The Hall–Kier alpha value is -3.05. The van der Waals surface area contributed by atoms with Gasteiger partial charge in [0.05, 0.1) is 0 Å². The molecule has 1 amide bonds. The SMILES string of the molecule is Cc1noc(CCCNC(=O)CCc2c(C)nc3nc(C(F)(F)F)nn3c2C)n1. The van der Waals surface area contributed by atoms with Crippen molar-refractivity contribution in [2.24, 2.45) is 0 Å². The minimum atomic E-state index is -4.64. The first-order chi connectivity index (χ1) is 13.6. The Labute approximate surface area is 163 Å². The Morgan fingerprint density at radius 1 is 1.14 bits per heavy atom. The largest absolute Gasteiger partial charge is 0.453 e. The van der Waals surface area contributed by atoms with Crippen LogP contribution in [0, 0.1) is 20.8 Å². The number of halogens is 3. The predicted octanol–water partition coefficient (Wildman–Crippen LogP) is 2.13. The van der Waals surface area contributed by atoms with E-state index in [-0.39, 0.29) is 18.1 Å². The monoisotopic (exact) mass is 411 g/mol. The van der Waals surface area contributed by atoms with E-state index in [2.05, 4.69) is 30.5 Å². The van der Waals surface area contributed by atoms with E-state index in [1.807, 2.05) is 0 Å². The molecule has 3 heterocycles. The fourth-order valence-corrected chi connectivity index (χ4v) is 2.93. The second-order valence-electron chi connectivity index (χ2n) is 6.59. The number of carbonyl (C=O) groups excluding carboxylic acids is 1. The van der Waals surface area contributed by atoms with Gasteiger partial charge in [0.2, 0.25) is 11.8 Å². The highest BCUT2D eigenvalue weighted by atomic mass is 19.4. The number of carbonyl (C=O) groups is 1. The molecule has 156 valence electrons. The third-order valence-electron chi connectivity index (χ3n) is 4.36. The lowest BCUT2D eigenvalue weighted by Crippen LogP contribution is -2.25. The van der Waals surface area contributed by atoms with Gasteiger partial charge in [0.25, 0.3) is 11.6 Å². The summed E-state index contributed by atoms with van der Waals surface area (Å²) >= 11 is 0. The van der Waals surface area contributed by atoms with Crippen LogP contribution in [0.5, 0.6) is 0 Å². The topological polar surface area (TPSA) is 111 Å². The van der Waals surface area contributed by atoms with Gasteiger partial charge in [-0.1, -0.05) is 5.16 Å². The molecule has 3 rings (SSSR count). The molecule has 0 saturated heterocycles. The molecule has 0 aliphatic carbocycles. The maximum atomic E-state index is 12.8. The zero-order valence-electron chi connectivity index (χ0n) is 16.2. The van der Waals surface area contributed by atoms with Gasteiger partial charge in [0.1, 0.15) is 0 Å². The zero-order chi connectivity index (χ0) is 21.2. The lowest BCUT2D eigenvalue weighted by molar-refractivity contribution is -0.144. The summed E-state index contributed by atoms with van der Waals surface area (Å²) in [5, 5.41) is 9.99. The molecule has 0 atom stereocenters. The highest BCUT2D eigenvalue weighted by Crippen LogP contribution is 2.27. The lowest BCUT2D eigenvalue weighted by Gasteiger charge is -2.10. The summed E-state index contributed by atoms with van der Waals surface area (Å²) in [5.74, 6) is -0.431. The van der Waals surface area contributed by atoms with Gasteiger partial charge in [0, 0.05) is 30.8 Å². The maximum Gasteiger partial charge on any atom is 0.453 e. The molecule has 0 spiro atoms. The zero-order valence-corrected chi connectivity index (χ0v) is 16.2. The minimum absolute atomic E-state index is 0.114. The van der Waals surface area contributed by atoms with Crippen LogP contribution in [-0.4, -0.2) is 42.2 Å². The summed E-state index contributed by atoms with van der Waals surface area (Å²) < 4.78 is 44.6. The summed E-state index contributed by atoms with van der Waals surface area (Å²) in [4.78, 5) is 23.7. The average Bonchev–Trinajstić information content (AvgIpc) is 3.24. The Bertz CT molecular complexity index is 1030. The van der Waals surface area contributed by atoms with Gasteiger partial charge < -0.3 is 9.84 Å². The summed E-state index contributed by atoms with van der Waals surface area (Å²) in [6.45, 7) is 5.49. The number of alkyl halides is 3. The van der Waals surface area contributed by atoms with Crippen LogP contribution in [0.1, 0.15) is 47.3 Å². The Morgan fingerprint density at radius 2 is 1.90 bits per heavy atom. The minimum Gasteiger partial charge on any atom is -0.356 e. The van der Waals surface area contributed by atoms with E-state index in [9.17, 15) is 18.0 Å². The van der Waals surface area contributed by atoms with Crippen molar-refractivity contribution in [3.8, 4) is 0 Å². The van der Waals surface area contributed by atoms with Gasteiger partial charge >= 0.3 is 6.18 Å². The Kier molecular flexibility index (Phi) is 5.80. The third kappa shape index (κ3) is 4.87. The number of rotatable bonds is 7. The van der Waals surface area contributed by atoms with Crippen LogP contribution >= 0.6 is 0 Å². The van der Waals surface area contributed by atoms with Crippen LogP contribution in [0.3, 0.4) is 0 Å². The van der Waals surface area contributed by atoms with E-state index in [4.69, 9.17) is 4.52 Å². The van der Waals surface area contributed by atoms with Crippen molar-refractivity contribution in [2.75, 3.05) is 6.54 Å². The van der Waals surface area contributed by atoms with Gasteiger partial charge in [-0.15, -0.1) is 5.10 Å². The molecule has 9 nitrogen and oxygen atoms in total. The summed E-state index contributed by atoms with van der Waals surface area (Å²) in [5.41, 5.74) is 1.68. The van der Waals surface area contributed by atoms with Gasteiger partial charge in [-0.2, -0.15) is 23.1 Å². The van der Waals surface area contributed by atoms with Gasteiger partial charge in [-0.25, -0.2) is 9.50 Å². The highest BCUT2D eigenvalue weighted by Gasteiger charge is 2.36. The Balaban J connectivity index is 1.57. The molecule has 29 heavy (non-hydrogen) atoms. The number of hydrogen-bond acceptors (Lipinski definition) is 7. The second-order valence-corrected chi connectivity index (χ2v) is 6.59. The highest BCUT2D eigenvalue weighted by molar-refractivity contribution is 5.76. The first-order valence-electron chi connectivity index (χ1n) is 9.01. The van der Waals surface area contributed by atoms with E-state index in [1.54, 1.807) is 20.8 Å². The maximum absolute atomic E-state index is 12.8. The molecule has 0 saturated carbocycles. The lowest BCUT2D eigenvalue weighted by atomic mass is 10.1. The van der Waals surface area contributed by atoms with Crippen molar-refractivity contribution < 1.29 is 22.5 Å². The molecule has 0 bridgehead atoms. The number of nitrogens with zero attached hydrogens (tertiary/aromatic N) is 6. The molecular weight excluding hydrogens is 391 g/mol. The van der Waals surface area contributed by atoms with E-state index >= 15 is 0 Å². The van der Waals surface area contributed by atoms with Gasteiger partial charge in [-0.05, 0) is 39.2 Å². The smallest absolute Gasteiger partial charge is 0.356 e. The summed E-state index contributed by atoms with van der Waals surface area (Å²) in [7, 11) is 0. The molecule has 0 fully saturated rings. The fourth-order valence-electron chi connectivity index (χ4n) is 2.93. The van der Waals surface area contributed by atoms with Gasteiger partial charge in [-0.3, -0.25) is 4.79 Å². The first-order valence-corrected chi connectivity index (χ1v) is 9.01. The molecular formula is C17H20F3N7O2. The van der Waals surface area contributed by atoms with E-state index in [0.29, 0.717) is 54.5 Å². The van der Waals surface area contributed by atoms with E-state index < -0.39 is 12.0 Å². The second kappa shape index (κ2) is 8.13. The van der Waals surface area contributed by atoms with Crippen LogP contribution < -0.4 is 5.32 Å². The quantitative estimate of drug-likeness (QED) is 0.593. The van der Waals surface area contributed by atoms with Crippen LogP contribution in [0.25, 0.3) is 5.78 Å². The molecule has 3 aromatic rings.